The third kappa shape index (κ3) is 5.00. The fourth-order valence-electron chi connectivity index (χ4n) is 1.99. The maximum absolute atomic E-state index is 12.5. The van der Waals surface area contributed by atoms with Crippen LogP contribution >= 0.6 is 0 Å². The molecular weight excluding hydrogens is 272 g/mol. The molecule has 0 bridgehead atoms. The van der Waals surface area contributed by atoms with Crippen LogP contribution in [0.4, 0.5) is 0 Å². The van der Waals surface area contributed by atoms with Crippen molar-refractivity contribution in [2.45, 2.75) is 19.9 Å². The first-order valence-electron chi connectivity index (χ1n) is 6.65. The minimum Gasteiger partial charge on any atom is -0.478 e. The van der Waals surface area contributed by atoms with Crippen molar-refractivity contribution < 1.29 is 19.4 Å². The lowest BCUT2D eigenvalue weighted by molar-refractivity contribution is -0.131. The Hall–Kier alpha value is -2.21. The molecule has 1 aromatic heterocycles. The average Bonchev–Trinajstić information content (AvgIpc) is 2.46. The van der Waals surface area contributed by atoms with Crippen LogP contribution in [0.25, 0.3) is 6.08 Å². The third-order valence-electron chi connectivity index (χ3n) is 2.97. The number of hydrogen-bond donors (Lipinski definition) is 1. The highest BCUT2D eigenvalue weighted by Crippen LogP contribution is 2.11. The molecule has 0 aromatic carbocycles. The monoisotopic (exact) mass is 292 g/mol. The van der Waals surface area contributed by atoms with Crippen LogP contribution < -0.4 is 0 Å². The van der Waals surface area contributed by atoms with Crippen molar-refractivity contribution in [1.29, 1.82) is 0 Å². The van der Waals surface area contributed by atoms with Crippen LogP contribution in [0.15, 0.2) is 24.5 Å². The van der Waals surface area contributed by atoms with Crippen molar-refractivity contribution in [2.75, 3.05) is 20.3 Å². The molecule has 0 spiro atoms. The number of amides is 1. The molecule has 1 atom stereocenters. The summed E-state index contributed by atoms with van der Waals surface area (Å²) in [5.74, 6) is -1.20. The highest BCUT2D eigenvalue weighted by molar-refractivity contribution is 5.95. The molecule has 0 saturated heterocycles. The Morgan fingerprint density at radius 1 is 1.48 bits per heavy atom. The highest BCUT2D eigenvalue weighted by atomic mass is 16.5. The summed E-state index contributed by atoms with van der Waals surface area (Å²) in [6, 6.07) is 1.57. The summed E-state index contributed by atoms with van der Waals surface area (Å²) >= 11 is 0. The first-order chi connectivity index (χ1) is 9.99. The molecule has 0 aliphatic rings. The van der Waals surface area contributed by atoms with Gasteiger partial charge < -0.3 is 14.7 Å². The molecule has 1 amide bonds. The zero-order valence-corrected chi connectivity index (χ0v) is 12.4. The molecule has 0 fully saturated rings. The van der Waals surface area contributed by atoms with E-state index in [2.05, 4.69) is 4.98 Å². The van der Waals surface area contributed by atoms with E-state index < -0.39 is 5.97 Å². The normalized spacial score (nSPS) is 12.3. The van der Waals surface area contributed by atoms with E-state index >= 15 is 0 Å². The lowest BCUT2D eigenvalue weighted by Gasteiger charge is -2.27. The number of hydrogen-bond acceptors (Lipinski definition) is 4. The van der Waals surface area contributed by atoms with Gasteiger partial charge in [-0.3, -0.25) is 9.78 Å². The quantitative estimate of drug-likeness (QED) is 0.773. The molecule has 1 heterocycles. The number of rotatable bonds is 7. The van der Waals surface area contributed by atoms with E-state index in [4.69, 9.17) is 9.84 Å². The summed E-state index contributed by atoms with van der Waals surface area (Å²) in [5.41, 5.74) is 0.992. The molecule has 1 rings (SSSR count). The molecule has 1 N–H and O–H groups in total. The van der Waals surface area contributed by atoms with E-state index in [1.165, 1.54) is 18.5 Å². The minimum atomic E-state index is -1.05. The zero-order valence-electron chi connectivity index (χ0n) is 12.4. The van der Waals surface area contributed by atoms with Crippen LogP contribution in [0.5, 0.6) is 0 Å². The predicted molar refractivity (Wildman–Crippen MR) is 79.0 cm³/mol. The first-order valence-corrected chi connectivity index (χ1v) is 6.65. The molecule has 21 heavy (non-hydrogen) atoms. The predicted octanol–water partition coefficient (Wildman–Crippen LogP) is 1.68. The summed E-state index contributed by atoms with van der Waals surface area (Å²) in [6.07, 6.45) is 5.39. The fraction of sp³-hybridized carbons (Fsp3) is 0.400. The Morgan fingerprint density at radius 2 is 2.19 bits per heavy atom. The number of nitrogens with zero attached hydrogens (tertiary/aromatic N) is 2. The van der Waals surface area contributed by atoms with Gasteiger partial charge in [0.25, 0.3) is 5.91 Å². The maximum atomic E-state index is 12.5. The van der Waals surface area contributed by atoms with E-state index in [1.54, 1.807) is 18.1 Å². The van der Waals surface area contributed by atoms with Crippen molar-refractivity contribution in [3.63, 3.8) is 0 Å². The third-order valence-corrected chi connectivity index (χ3v) is 2.97. The Bertz CT molecular complexity index is 528. The van der Waals surface area contributed by atoms with Crippen molar-refractivity contribution in [1.82, 2.24) is 9.88 Å². The number of methoxy groups -OCH3 is 1. The van der Waals surface area contributed by atoms with Crippen molar-refractivity contribution in [3.05, 3.63) is 35.7 Å². The zero-order chi connectivity index (χ0) is 15.8. The van der Waals surface area contributed by atoms with Gasteiger partial charge in [-0.05, 0) is 31.6 Å². The standard InChI is InChI=1S/C15H20N2O4/c1-4-17(11(2)10-21-3)15(20)13-7-12(8-16-9-13)5-6-14(18)19/h5-9,11H,4,10H2,1-3H3,(H,18,19). The molecule has 6 nitrogen and oxygen atoms in total. The first kappa shape index (κ1) is 16.8. The molecule has 0 saturated carbocycles. The Balaban J connectivity index is 2.95. The van der Waals surface area contributed by atoms with Gasteiger partial charge in [-0.2, -0.15) is 0 Å². The van der Waals surface area contributed by atoms with Crippen LogP contribution in [-0.2, 0) is 9.53 Å². The lowest BCUT2D eigenvalue weighted by Crippen LogP contribution is -2.41. The smallest absolute Gasteiger partial charge is 0.328 e. The Kier molecular flexibility index (Phi) is 6.55. The largest absolute Gasteiger partial charge is 0.478 e. The molecule has 1 unspecified atom stereocenters. The van der Waals surface area contributed by atoms with Gasteiger partial charge in [0.05, 0.1) is 18.2 Å². The number of carbonyl (C=O) groups excluding carboxylic acids is 1. The SMILES string of the molecule is CCN(C(=O)c1cncc(C=CC(=O)O)c1)C(C)COC. The van der Waals surface area contributed by atoms with E-state index in [9.17, 15) is 9.59 Å². The average molecular weight is 292 g/mol. The Labute approximate surface area is 124 Å². The van der Waals surface area contributed by atoms with Crippen molar-refractivity contribution >= 4 is 18.0 Å². The van der Waals surface area contributed by atoms with Crippen molar-refractivity contribution in [3.8, 4) is 0 Å². The van der Waals surface area contributed by atoms with Crippen LogP contribution in [-0.4, -0.2) is 53.2 Å². The number of carboxylic acid groups (broad SMARTS) is 1. The molecule has 0 aliphatic heterocycles. The summed E-state index contributed by atoms with van der Waals surface area (Å²) in [7, 11) is 1.59. The number of pyridine rings is 1. The van der Waals surface area contributed by atoms with Gasteiger partial charge in [-0.25, -0.2) is 4.79 Å². The molecule has 1 aromatic rings. The summed E-state index contributed by atoms with van der Waals surface area (Å²) < 4.78 is 5.08. The minimum absolute atomic E-state index is 0.0503. The van der Waals surface area contributed by atoms with Crippen LogP contribution in [0, 0.1) is 0 Å². The number of carbonyl (C=O) groups is 2. The molecule has 114 valence electrons. The van der Waals surface area contributed by atoms with Gasteiger partial charge in [0.1, 0.15) is 0 Å². The van der Waals surface area contributed by atoms with Crippen LogP contribution in [0.3, 0.4) is 0 Å². The maximum Gasteiger partial charge on any atom is 0.328 e. The van der Waals surface area contributed by atoms with Gasteiger partial charge in [0.15, 0.2) is 0 Å². The summed E-state index contributed by atoms with van der Waals surface area (Å²) in [5, 5.41) is 8.62. The fourth-order valence-corrected chi connectivity index (χ4v) is 1.99. The van der Waals surface area contributed by atoms with Gasteiger partial charge in [-0.1, -0.05) is 0 Å². The van der Waals surface area contributed by atoms with Crippen molar-refractivity contribution in [2.24, 2.45) is 0 Å². The van der Waals surface area contributed by atoms with Gasteiger partial charge in [-0.15, -0.1) is 0 Å². The molecule has 0 aliphatic carbocycles. The molecule has 6 heteroatoms. The van der Waals surface area contributed by atoms with Gasteiger partial charge in [0.2, 0.25) is 0 Å². The van der Waals surface area contributed by atoms with E-state index in [-0.39, 0.29) is 11.9 Å². The second-order valence-corrected chi connectivity index (χ2v) is 4.57. The Morgan fingerprint density at radius 3 is 2.76 bits per heavy atom. The topological polar surface area (TPSA) is 79.7 Å². The molecular formula is C15H20N2O4. The number of aromatic nitrogens is 1. The van der Waals surface area contributed by atoms with E-state index in [0.29, 0.717) is 24.3 Å². The number of carboxylic acids is 1. The van der Waals surface area contributed by atoms with E-state index in [1.807, 2.05) is 13.8 Å². The molecule has 0 radical (unpaired) electrons. The second kappa shape index (κ2) is 8.16. The van der Waals surface area contributed by atoms with Crippen LogP contribution in [0.2, 0.25) is 0 Å². The van der Waals surface area contributed by atoms with Gasteiger partial charge in [0, 0.05) is 32.1 Å². The highest BCUT2D eigenvalue weighted by Gasteiger charge is 2.20. The summed E-state index contributed by atoms with van der Waals surface area (Å²) in [6.45, 7) is 4.81. The number of aliphatic carboxylic acids is 1. The summed E-state index contributed by atoms with van der Waals surface area (Å²) in [4.78, 5) is 28.7. The van der Waals surface area contributed by atoms with Crippen LogP contribution in [0.1, 0.15) is 29.8 Å². The number of likely N-dealkylation sites (N-methyl/N-ethyl adjacent to an activating group) is 1. The second-order valence-electron chi connectivity index (χ2n) is 4.57. The van der Waals surface area contributed by atoms with Gasteiger partial charge >= 0.3 is 5.97 Å². The van der Waals surface area contributed by atoms with E-state index in [0.717, 1.165) is 6.08 Å². The number of ether oxygens (including phenoxy) is 1. The lowest BCUT2D eigenvalue weighted by atomic mass is 10.1.